The molecule has 1 aliphatic heterocycles. The highest BCUT2D eigenvalue weighted by Crippen LogP contribution is 2.29. The lowest BCUT2D eigenvalue weighted by Gasteiger charge is -2.37. The molecule has 1 aromatic heterocycles. The Bertz CT molecular complexity index is 713. The van der Waals surface area contributed by atoms with Gasteiger partial charge in [-0.15, -0.1) is 0 Å². The van der Waals surface area contributed by atoms with E-state index in [4.69, 9.17) is 14.0 Å². The van der Waals surface area contributed by atoms with Gasteiger partial charge in [0, 0.05) is 26.0 Å². The van der Waals surface area contributed by atoms with Crippen LogP contribution in [0.2, 0.25) is 0 Å². The summed E-state index contributed by atoms with van der Waals surface area (Å²) in [6.07, 6.45) is 2.34. The lowest BCUT2D eigenvalue weighted by Crippen LogP contribution is -2.59. The predicted octanol–water partition coefficient (Wildman–Crippen LogP) is 2.38. The molecule has 1 N–H and O–H groups in total. The van der Waals surface area contributed by atoms with Crippen molar-refractivity contribution in [1.82, 2.24) is 10.5 Å². The number of ether oxygens (including phenoxy) is 2. The Balaban J connectivity index is 1.77. The van der Waals surface area contributed by atoms with Crippen molar-refractivity contribution in [3.8, 4) is 5.75 Å². The lowest BCUT2D eigenvalue weighted by molar-refractivity contribution is 0.0502. The van der Waals surface area contributed by atoms with Gasteiger partial charge in [-0.05, 0) is 18.1 Å². The van der Waals surface area contributed by atoms with Gasteiger partial charge in [-0.3, -0.25) is 4.79 Å². The maximum Gasteiger partial charge on any atom is 0.274 e. The van der Waals surface area contributed by atoms with E-state index >= 15 is 0 Å². The van der Waals surface area contributed by atoms with Gasteiger partial charge < -0.3 is 19.3 Å². The van der Waals surface area contributed by atoms with E-state index in [1.165, 1.54) is 0 Å². The van der Waals surface area contributed by atoms with Gasteiger partial charge in [0.15, 0.2) is 5.69 Å². The summed E-state index contributed by atoms with van der Waals surface area (Å²) >= 11 is 0. The summed E-state index contributed by atoms with van der Waals surface area (Å²) in [5.41, 5.74) is 0.713. The average molecular weight is 330 g/mol. The fourth-order valence-corrected chi connectivity index (χ4v) is 3.00. The minimum Gasteiger partial charge on any atom is -0.491 e. The summed E-state index contributed by atoms with van der Waals surface area (Å²) in [5.74, 6) is 1.29. The second kappa shape index (κ2) is 7.05. The number of rotatable bonds is 6. The Morgan fingerprint density at radius 2 is 2.25 bits per heavy atom. The maximum absolute atomic E-state index is 12.6. The Hall–Kier alpha value is -2.34. The van der Waals surface area contributed by atoms with E-state index in [-0.39, 0.29) is 11.6 Å². The highest BCUT2D eigenvalue weighted by Gasteiger charge is 2.38. The summed E-state index contributed by atoms with van der Waals surface area (Å²) < 4.78 is 16.4. The van der Waals surface area contributed by atoms with Crippen LogP contribution in [0.5, 0.6) is 5.75 Å². The van der Waals surface area contributed by atoms with E-state index in [0.717, 1.165) is 24.2 Å². The molecule has 2 heterocycles. The third kappa shape index (κ3) is 3.43. The van der Waals surface area contributed by atoms with Crippen molar-refractivity contribution in [2.75, 3.05) is 20.3 Å². The van der Waals surface area contributed by atoms with Crippen molar-refractivity contribution < 1.29 is 18.8 Å². The van der Waals surface area contributed by atoms with Crippen LogP contribution in [-0.2, 0) is 17.6 Å². The number of methoxy groups -OCH3 is 1. The van der Waals surface area contributed by atoms with Crippen LogP contribution >= 0.6 is 0 Å². The molecule has 1 aromatic carbocycles. The summed E-state index contributed by atoms with van der Waals surface area (Å²) in [5, 5.41) is 6.90. The quantitative estimate of drug-likeness (QED) is 0.880. The van der Waals surface area contributed by atoms with Crippen molar-refractivity contribution in [1.29, 1.82) is 0 Å². The van der Waals surface area contributed by atoms with E-state index in [0.29, 0.717) is 25.4 Å². The molecule has 3 rings (SSSR count). The van der Waals surface area contributed by atoms with Crippen molar-refractivity contribution in [2.24, 2.45) is 0 Å². The van der Waals surface area contributed by atoms with Crippen LogP contribution in [0.25, 0.3) is 0 Å². The number of benzene rings is 1. The van der Waals surface area contributed by atoms with Crippen LogP contribution in [0.3, 0.4) is 0 Å². The molecule has 2 aromatic rings. The van der Waals surface area contributed by atoms with Gasteiger partial charge in [-0.1, -0.05) is 30.3 Å². The molecular formula is C18H22N2O4. The first-order valence-corrected chi connectivity index (χ1v) is 8.13. The average Bonchev–Trinajstić information content (AvgIpc) is 3.04. The molecule has 0 aliphatic carbocycles. The third-order valence-corrected chi connectivity index (χ3v) is 4.09. The van der Waals surface area contributed by atoms with Crippen LogP contribution in [0.1, 0.15) is 35.2 Å². The molecule has 6 nitrogen and oxygen atoms in total. The van der Waals surface area contributed by atoms with Gasteiger partial charge >= 0.3 is 0 Å². The van der Waals surface area contributed by atoms with Gasteiger partial charge in [0.1, 0.15) is 23.7 Å². The number of carbonyl (C=O) groups is 1. The molecule has 0 bridgehead atoms. The van der Waals surface area contributed by atoms with Crippen molar-refractivity contribution in [3.05, 3.63) is 47.3 Å². The van der Waals surface area contributed by atoms with Gasteiger partial charge in [0.25, 0.3) is 5.91 Å². The monoisotopic (exact) mass is 330 g/mol. The minimum absolute atomic E-state index is 0.277. The van der Waals surface area contributed by atoms with Crippen LogP contribution in [0, 0.1) is 0 Å². The van der Waals surface area contributed by atoms with Crippen LogP contribution < -0.4 is 10.1 Å². The third-order valence-electron chi connectivity index (χ3n) is 4.09. The van der Waals surface area contributed by atoms with Crippen molar-refractivity contribution in [2.45, 2.75) is 31.7 Å². The Morgan fingerprint density at radius 1 is 1.42 bits per heavy atom. The first-order chi connectivity index (χ1) is 11.7. The number of amides is 1. The van der Waals surface area contributed by atoms with E-state index in [2.05, 4.69) is 10.5 Å². The molecule has 0 fully saturated rings. The number of para-hydroxylation sites is 1. The number of aromatic nitrogens is 1. The number of nitrogens with zero attached hydrogens (tertiary/aromatic N) is 1. The normalized spacial score (nSPS) is 19.4. The Labute approximate surface area is 141 Å². The topological polar surface area (TPSA) is 73.6 Å². The van der Waals surface area contributed by atoms with E-state index < -0.39 is 5.54 Å². The number of fused-ring (bicyclic) bond motifs is 1. The van der Waals surface area contributed by atoms with Crippen molar-refractivity contribution >= 4 is 5.91 Å². The number of carbonyl (C=O) groups excluding carboxylic acids is 1. The van der Waals surface area contributed by atoms with Gasteiger partial charge in [-0.25, -0.2) is 0 Å². The molecule has 0 saturated heterocycles. The molecule has 0 saturated carbocycles. The van der Waals surface area contributed by atoms with Gasteiger partial charge in [0.2, 0.25) is 0 Å². The molecule has 24 heavy (non-hydrogen) atoms. The molecule has 1 unspecified atom stereocenters. The van der Waals surface area contributed by atoms with Crippen LogP contribution in [0.4, 0.5) is 0 Å². The molecule has 128 valence electrons. The smallest absolute Gasteiger partial charge is 0.274 e. The summed E-state index contributed by atoms with van der Waals surface area (Å²) in [6, 6.07) is 9.52. The Morgan fingerprint density at radius 3 is 3.04 bits per heavy atom. The molecule has 1 atom stereocenters. The number of nitrogens with one attached hydrogen (secondary N) is 1. The first kappa shape index (κ1) is 16.5. The highest BCUT2D eigenvalue weighted by atomic mass is 16.5. The predicted molar refractivity (Wildman–Crippen MR) is 88.2 cm³/mol. The molecule has 1 aliphatic rings. The largest absolute Gasteiger partial charge is 0.491 e. The zero-order valence-electron chi connectivity index (χ0n) is 14.0. The molecule has 6 heteroatoms. The van der Waals surface area contributed by atoms with Crippen molar-refractivity contribution in [3.63, 3.8) is 0 Å². The van der Waals surface area contributed by atoms with E-state index in [9.17, 15) is 4.79 Å². The SMILES string of the molecule is CCCc1cc(C(=O)NC2(COC)COc3ccccc3C2)no1. The second-order valence-electron chi connectivity index (χ2n) is 6.17. The molecular weight excluding hydrogens is 308 g/mol. The van der Waals surface area contributed by atoms with Crippen LogP contribution in [-0.4, -0.2) is 36.9 Å². The zero-order chi connectivity index (χ0) is 17.0. The van der Waals surface area contributed by atoms with Crippen LogP contribution in [0.15, 0.2) is 34.9 Å². The summed E-state index contributed by atoms with van der Waals surface area (Å²) in [6.45, 7) is 2.75. The molecule has 0 radical (unpaired) electrons. The summed E-state index contributed by atoms with van der Waals surface area (Å²) in [7, 11) is 1.61. The maximum atomic E-state index is 12.6. The zero-order valence-corrected chi connectivity index (χ0v) is 14.0. The molecule has 1 amide bonds. The van der Waals surface area contributed by atoms with Gasteiger partial charge in [-0.2, -0.15) is 0 Å². The Kier molecular flexibility index (Phi) is 4.85. The number of hydrogen-bond donors (Lipinski definition) is 1. The number of aryl methyl sites for hydroxylation is 1. The lowest BCUT2D eigenvalue weighted by atomic mass is 9.89. The molecule has 0 spiro atoms. The summed E-state index contributed by atoms with van der Waals surface area (Å²) in [4.78, 5) is 12.6. The second-order valence-corrected chi connectivity index (χ2v) is 6.17. The standard InChI is InChI=1S/C18H22N2O4/c1-3-6-14-9-15(20-24-14)17(21)19-18(11-22-2)10-13-7-4-5-8-16(13)23-12-18/h4-5,7-9H,3,6,10-12H2,1-2H3,(H,19,21). The van der Waals surface area contributed by atoms with E-state index in [1.54, 1.807) is 13.2 Å². The first-order valence-electron chi connectivity index (χ1n) is 8.13. The minimum atomic E-state index is -0.621. The highest BCUT2D eigenvalue weighted by molar-refractivity contribution is 5.92. The fourth-order valence-electron chi connectivity index (χ4n) is 3.00. The van der Waals surface area contributed by atoms with E-state index in [1.807, 2.05) is 31.2 Å². The fraction of sp³-hybridized carbons (Fsp3) is 0.444. The number of hydrogen-bond acceptors (Lipinski definition) is 5. The van der Waals surface area contributed by atoms with Gasteiger partial charge in [0.05, 0.1) is 6.61 Å².